The van der Waals surface area contributed by atoms with Crippen LogP contribution in [-0.2, 0) is 16.6 Å². The minimum atomic E-state index is -3.84. The number of nitrogens with two attached hydrogens (primary N) is 1. The molecule has 2 aromatic heterocycles. The van der Waals surface area contributed by atoms with Crippen molar-refractivity contribution < 1.29 is 12.9 Å². The van der Waals surface area contributed by atoms with Crippen LogP contribution in [0.2, 0.25) is 0 Å². The Morgan fingerprint density at radius 3 is 2.65 bits per heavy atom. The number of nitrogens with one attached hydrogen (secondary N) is 1. The highest BCUT2D eigenvalue weighted by Gasteiger charge is 2.15. The summed E-state index contributed by atoms with van der Waals surface area (Å²) in [7, 11) is -3.84. The molecule has 0 radical (unpaired) electrons. The predicted octanol–water partition coefficient (Wildman–Crippen LogP) is 2.00. The lowest BCUT2D eigenvalue weighted by molar-refractivity contribution is 0.424. The molecular formula is C15H14N4O3S. The molecule has 1 aromatic carbocycles. The minimum Gasteiger partial charge on any atom is -0.363 e. The smallest absolute Gasteiger partial charge is 0.241 e. The van der Waals surface area contributed by atoms with Crippen LogP contribution in [0.3, 0.4) is 0 Å². The van der Waals surface area contributed by atoms with Crippen molar-refractivity contribution in [2.75, 3.05) is 5.32 Å². The van der Waals surface area contributed by atoms with Crippen LogP contribution in [0.1, 0.15) is 5.69 Å². The number of sulfonamides is 1. The molecule has 23 heavy (non-hydrogen) atoms. The van der Waals surface area contributed by atoms with Crippen molar-refractivity contribution in [3.05, 3.63) is 60.4 Å². The van der Waals surface area contributed by atoms with Crippen LogP contribution in [0.5, 0.6) is 0 Å². The molecule has 0 saturated heterocycles. The molecule has 3 N–H and O–H groups in total. The third kappa shape index (κ3) is 3.55. The second kappa shape index (κ2) is 6.19. The fourth-order valence-electron chi connectivity index (χ4n) is 2.06. The van der Waals surface area contributed by atoms with Crippen molar-refractivity contribution in [1.29, 1.82) is 0 Å². The summed E-state index contributed by atoms with van der Waals surface area (Å²) >= 11 is 0. The molecule has 7 nitrogen and oxygen atoms in total. The highest BCUT2D eigenvalue weighted by molar-refractivity contribution is 7.89. The SMILES string of the molecule is NS(=O)(=O)c1cccnc1NCc1cc(-c2ccccc2)on1. The van der Waals surface area contributed by atoms with Crippen LogP contribution in [0, 0.1) is 0 Å². The molecule has 0 fully saturated rings. The number of nitrogens with zero attached hydrogens (tertiary/aromatic N) is 2. The highest BCUT2D eigenvalue weighted by Crippen LogP contribution is 2.21. The lowest BCUT2D eigenvalue weighted by Gasteiger charge is -2.07. The molecular weight excluding hydrogens is 316 g/mol. The van der Waals surface area contributed by atoms with Gasteiger partial charge >= 0.3 is 0 Å². The Kier molecular flexibility index (Phi) is 4.09. The zero-order valence-electron chi connectivity index (χ0n) is 12.0. The van der Waals surface area contributed by atoms with Crippen molar-refractivity contribution in [1.82, 2.24) is 10.1 Å². The Morgan fingerprint density at radius 1 is 1.13 bits per heavy atom. The fraction of sp³-hybridized carbons (Fsp3) is 0.0667. The summed E-state index contributed by atoms with van der Waals surface area (Å²) in [6.45, 7) is 0.260. The summed E-state index contributed by atoms with van der Waals surface area (Å²) in [6, 6.07) is 14.2. The molecule has 2 heterocycles. The van der Waals surface area contributed by atoms with Gasteiger partial charge in [0.15, 0.2) is 5.76 Å². The molecule has 0 saturated carbocycles. The predicted molar refractivity (Wildman–Crippen MR) is 84.9 cm³/mol. The maximum absolute atomic E-state index is 11.5. The molecule has 0 unspecified atom stereocenters. The van der Waals surface area contributed by atoms with E-state index < -0.39 is 10.0 Å². The van der Waals surface area contributed by atoms with E-state index >= 15 is 0 Å². The molecule has 0 aliphatic carbocycles. The van der Waals surface area contributed by atoms with Gasteiger partial charge in [-0.05, 0) is 12.1 Å². The zero-order chi connectivity index (χ0) is 16.3. The molecule has 0 spiro atoms. The monoisotopic (exact) mass is 330 g/mol. The Bertz CT molecular complexity index is 907. The Hall–Kier alpha value is -2.71. The average Bonchev–Trinajstić information content (AvgIpc) is 3.02. The number of anilines is 1. The second-order valence-corrected chi connectivity index (χ2v) is 6.33. The Balaban J connectivity index is 1.77. The third-order valence-corrected chi connectivity index (χ3v) is 4.07. The van der Waals surface area contributed by atoms with Gasteiger partial charge in [-0.25, -0.2) is 18.5 Å². The molecule has 0 bridgehead atoms. The molecule has 0 aliphatic heterocycles. The quantitative estimate of drug-likeness (QED) is 0.740. The third-order valence-electron chi connectivity index (χ3n) is 3.13. The van der Waals surface area contributed by atoms with Crippen LogP contribution in [0.4, 0.5) is 5.82 Å². The van der Waals surface area contributed by atoms with Gasteiger partial charge in [0.25, 0.3) is 0 Å². The Labute approximate surface area is 133 Å². The van der Waals surface area contributed by atoms with Crippen LogP contribution in [0.15, 0.2) is 64.1 Å². The lowest BCUT2D eigenvalue weighted by atomic mass is 10.2. The van der Waals surface area contributed by atoms with Gasteiger partial charge in [-0.15, -0.1) is 0 Å². The largest absolute Gasteiger partial charge is 0.363 e. The van der Waals surface area contributed by atoms with Crippen LogP contribution in [0.25, 0.3) is 11.3 Å². The number of rotatable bonds is 5. The first-order valence-electron chi connectivity index (χ1n) is 6.77. The summed E-state index contributed by atoms with van der Waals surface area (Å²) in [6.07, 6.45) is 1.48. The molecule has 0 amide bonds. The van der Waals surface area contributed by atoms with E-state index in [0.29, 0.717) is 11.5 Å². The van der Waals surface area contributed by atoms with Crippen molar-refractivity contribution >= 4 is 15.8 Å². The van der Waals surface area contributed by atoms with Gasteiger partial charge in [0.1, 0.15) is 16.4 Å². The standard InChI is InChI=1S/C15H14N4O3S/c16-23(20,21)14-7-4-8-17-15(14)18-10-12-9-13(22-19-12)11-5-2-1-3-6-11/h1-9H,10H2,(H,17,18)(H2,16,20,21). The van der Waals surface area contributed by atoms with Gasteiger partial charge in [0, 0.05) is 17.8 Å². The molecule has 8 heteroatoms. The van der Waals surface area contributed by atoms with Crippen LogP contribution < -0.4 is 10.5 Å². The second-order valence-electron chi connectivity index (χ2n) is 4.80. The fourth-order valence-corrected chi connectivity index (χ4v) is 2.72. The summed E-state index contributed by atoms with van der Waals surface area (Å²) in [5.74, 6) is 0.814. The Morgan fingerprint density at radius 2 is 1.91 bits per heavy atom. The van der Waals surface area contributed by atoms with Crippen molar-refractivity contribution in [2.45, 2.75) is 11.4 Å². The molecule has 3 rings (SSSR count). The topological polar surface area (TPSA) is 111 Å². The first kappa shape index (κ1) is 15.2. The number of aromatic nitrogens is 2. The maximum Gasteiger partial charge on any atom is 0.241 e. The van der Waals surface area contributed by atoms with E-state index in [0.717, 1.165) is 5.56 Å². The first-order chi connectivity index (χ1) is 11.0. The number of pyridine rings is 1. The van der Waals surface area contributed by atoms with Gasteiger partial charge < -0.3 is 9.84 Å². The van der Waals surface area contributed by atoms with E-state index in [1.54, 1.807) is 6.07 Å². The van der Waals surface area contributed by atoms with E-state index in [1.807, 2.05) is 30.3 Å². The van der Waals surface area contributed by atoms with E-state index in [2.05, 4.69) is 15.5 Å². The summed E-state index contributed by atoms with van der Waals surface area (Å²) in [5, 5.41) is 12.0. The summed E-state index contributed by atoms with van der Waals surface area (Å²) < 4.78 is 28.3. The highest BCUT2D eigenvalue weighted by atomic mass is 32.2. The van der Waals surface area contributed by atoms with Crippen LogP contribution >= 0.6 is 0 Å². The number of primary sulfonamides is 1. The summed E-state index contributed by atoms with van der Waals surface area (Å²) in [5.41, 5.74) is 1.53. The normalized spacial score (nSPS) is 11.3. The van der Waals surface area contributed by atoms with Crippen molar-refractivity contribution in [3.63, 3.8) is 0 Å². The lowest BCUT2D eigenvalue weighted by Crippen LogP contribution is -2.15. The van der Waals surface area contributed by atoms with Crippen LogP contribution in [-0.4, -0.2) is 18.6 Å². The molecule has 0 aliphatic rings. The van der Waals surface area contributed by atoms with E-state index in [-0.39, 0.29) is 17.3 Å². The molecule has 0 atom stereocenters. The minimum absolute atomic E-state index is 0.0632. The molecule has 3 aromatic rings. The van der Waals surface area contributed by atoms with E-state index in [4.69, 9.17) is 9.66 Å². The number of hydrogen-bond acceptors (Lipinski definition) is 6. The summed E-state index contributed by atoms with van der Waals surface area (Å²) in [4.78, 5) is 3.93. The number of benzene rings is 1. The first-order valence-corrected chi connectivity index (χ1v) is 8.31. The van der Waals surface area contributed by atoms with E-state index in [9.17, 15) is 8.42 Å². The van der Waals surface area contributed by atoms with Gasteiger partial charge in [0.05, 0.1) is 6.54 Å². The molecule has 118 valence electrons. The number of hydrogen-bond donors (Lipinski definition) is 2. The van der Waals surface area contributed by atoms with Crippen molar-refractivity contribution in [3.8, 4) is 11.3 Å². The van der Waals surface area contributed by atoms with Gasteiger partial charge in [-0.2, -0.15) is 0 Å². The average molecular weight is 330 g/mol. The van der Waals surface area contributed by atoms with E-state index in [1.165, 1.54) is 18.3 Å². The van der Waals surface area contributed by atoms with Gasteiger partial charge in [0.2, 0.25) is 10.0 Å². The van der Waals surface area contributed by atoms with Gasteiger partial charge in [-0.1, -0.05) is 35.5 Å². The van der Waals surface area contributed by atoms with Gasteiger partial charge in [-0.3, -0.25) is 0 Å². The zero-order valence-corrected chi connectivity index (χ0v) is 12.8. The van der Waals surface area contributed by atoms with Crippen molar-refractivity contribution in [2.24, 2.45) is 5.14 Å². The maximum atomic E-state index is 11.5.